The lowest BCUT2D eigenvalue weighted by Gasteiger charge is -2.15. The largest absolute Gasteiger partial charge is 0.320 e. The van der Waals surface area contributed by atoms with Gasteiger partial charge in [0.05, 0.1) is 6.04 Å². The SMILES string of the molecule is CSc1ccccc1C(N)c1ccc(Cl)cc1. The summed E-state index contributed by atoms with van der Waals surface area (Å²) in [6.07, 6.45) is 2.06. The Morgan fingerprint density at radius 2 is 1.71 bits per heavy atom. The third-order valence-corrected chi connectivity index (χ3v) is 3.77. The van der Waals surface area contributed by atoms with Crippen LogP contribution in [-0.2, 0) is 0 Å². The second kappa shape index (κ2) is 5.58. The Balaban J connectivity index is 2.36. The van der Waals surface area contributed by atoms with Crippen LogP contribution in [0.2, 0.25) is 5.02 Å². The van der Waals surface area contributed by atoms with Crippen LogP contribution in [-0.4, -0.2) is 6.26 Å². The molecule has 2 aromatic rings. The average Bonchev–Trinajstić information content (AvgIpc) is 2.39. The minimum atomic E-state index is -0.101. The summed E-state index contributed by atoms with van der Waals surface area (Å²) in [5.41, 5.74) is 8.52. The molecule has 2 aromatic carbocycles. The van der Waals surface area contributed by atoms with Crippen molar-refractivity contribution in [1.82, 2.24) is 0 Å². The number of benzene rings is 2. The molecule has 1 nitrogen and oxygen atoms in total. The highest BCUT2D eigenvalue weighted by atomic mass is 35.5. The maximum absolute atomic E-state index is 6.29. The van der Waals surface area contributed by atoms with Crippen molar-refractivity contribution in [3.05, 3.63) is 64.7 Å². The van der Waals surface area contributed by atoms with Gasteiger partial charge in [-0.25, -0.2) is 0 Å². The first-order valence-electron chi connectivity index (χ1n) is 5.36. The van der Waals surface area contributed by atoms with Crippen molar-refractivity contribution in [2.45, 2.75) is 10.9 Å². The van der Waals surface area contributed by atoms with Gasteiger partial charge in [0.25, 0.3) is 0 Å². The molecule has 1 atom stereocenters. The Bertz CT molecular complexity index is 496. The van der Waals surface area contributed by atoms with E-state index in [2.05, 4.69) is 18.4 Å². The van der Waals surface area contributed by atoms with E-state index in [1.165, 1.54) is 4.90 Å². The molecule has 2 rings (SSSR count). The third kappa shape index (κ3) is 2.83. The maximum Gasteiger partial charge on any atom is 0.0562 e. The molecule has 0 aliphatic heterocycles. The van der Waals surface area contributed by atoms with E-state index in [0.717, 1.165) is 16.1 Å². The van der Waals surface area contributed by atoms with E-state index < -0.39 is 0 Å². The molecule has 2 N–H and O–H groups in total. The topological polar surface area (TPSA) is 26.0 Å². The van der Waals surface area contributed by atoms with Gasteiger partial charge in [0, 0.05) is 9.92 Å². The summed E-state index contributed by atoms with van der Waals surface area (Å²) in [5, 5.41) is 0.735. The van der Waals surface area contributed by atoms with Gasteiger partial charge in [-0.1, -0.05) is 41.9 Å². The average molecular weight is 264 g/mol. The van der Waals surface area contributed by atoms with E-state index >= 15 is 0 Å². The van der Waals surface area contributed by atoms with Crippen LogP contribution in [0.4, 0.5) is 0 Å². The number of thioether (sulfide) groups is 1. The van der Waals surface area contributed by atoms with Gasteiger partial charge in [-0.15, -0.1) is 11.8 Å². The predicted octanol–water partition coefficient (Wildman–Crippen LogP) is 4.11. The zero-order chi connectivity index (χ0) is 12.3. The molecule has 0 saturated heterocycles. The fraction of sp³-hybridized carbons (Fsp3) is 0.143. The molecule has 0 heterocycles. The lowest BCUT2D eigenvalue weighted by atomic mass is 10.00. The fourth-order valence-corrected chi connectivity index (χ4v) is 2.54. The van der Waals surface area contributed by atoms with Crippen LogP contribution in [0.15, 0.2) is 53.4 Å². The van der Waals surface area contributed by atoms with Crippen molar-refractivity contribution in [3.63, 3.8) is 0 Å². The Morgan fingerprint density at radius 3 is 2.35 bits per heavy atom. The van der Waals surface area contributed by atoms with Gasteiger partial charge in [0.1, 0.15) is 0 Å². The molecule has 0 aromatic heterocycles. The summed E-state index contributed by atoms with van der Waals surface area (Å²) < 4.78 is 0. The van der Waals surface area contributed by atoms with Crippen LogP contribution in [0.1, 0.15) is 17.2 Å². The molecule has 0 saturated carbocycles. The second-order valence-corrected chi connectivity index (χ2v) is 5.06. The predicted molar refractivity (Wildman–Crippen MR) is 75.7 cm³/mol. The monoisotopic (exact) mass is 263 g/mol. The quantitative estimate of drug-likeness (QED) is 0.844. The first-order valence-corrected chi connectivity index (χ1v) is 6.96. The van der Waals surface area contributed by atoms with Crippen molar-refractivity contribution < 1.29 is 0 Å². The molecule has 0 radical (unpaired) electrons. The maximum atomic E-state index is 6.29. The molecule has 88 valence electrons. The lowest BCUT2D eigenvalue weighted by molar-refractivity contribution is 0.848. The summed E-state index contributed by atoms with van der Waals surface area (Å²) in [7, 11) is 0. The molecule has 1 unspecified atom stereocenters. The molecule has 0 fully saturated rings. The smallest absolute Gasteiger partial charge is 0.0562 e. The van der Waals surface area contributed by atoms with E-state index in [9.17, 15) is 0 Å². The highest BCUT2D eigenvalue weighted by molar-refractivity contribution is 7.98. The number of nitrogens with two attached hydrogens (primary N) is 1. The zero-order valence-electron chi connectivity index (χ0n) is 9.56. The third-order valence-electron chi connectivity index (χ3n) is 2.70. The molecule has 0 spiro atoms. The molecular weight excluding hydrogens is 250 g/mol. The van der Waals surface area contributed by atoms with E-state index in [1.807, 2.05) is 36.4 Å². The number of rotatable bonds is 3. The Morgan fingerprint density at radius 1 is 1.06 bits per heavy atom. The van der Waals surface area contributed by atoms with Crippen LogP contribution in [0.3, 0.4) is 0 Å². The summed E-state index contributed by atoms with van der Waals surface area (Å²) >= 11 is 7.59. The summed E-state index contributed by atoms with van der Waals surface area (Å²) in [5.74, 6) is 0. The normalized spacial score (nSPS) is 12.4. The Labute approximate surface area is 111 Å². The van der Waals surface area contributed by atoms with Crippen LogP contribution >= 0.6 is 23.4 Å². The van der Waals surface area contributed by atoms with E-state index in [4.69, 9.17) is 17.3 Å². The van der Waals surface area contributed by atoms with Crippen molar-refractivity contribution in [2.75, 3.05) is 6.26 Å². The highest BCUT2D eigenvalue weighted by Crippen LogP contribution is 2.28. The molecular formula is C14H14ClNS. The number of hydrogen-bond acceptors (Lipinski definition) is 2. The second-order valence-electron chi connectivity index (χ2n) is 3.77. The van der Waals surface area contributed by atoms with Crippen molar-refractivity contribution in [3.8, 4) is 0 Å². The van der Waals surface area contributed by atoms with Gasteiger partial charge < -0.3 is 5.73 Å². The summed E-state index contributed by atoms with van der Waals surface area (Å²) in [4.78, 5) is 1.22. The van der Waals surface area contributed by atoms with Crippen molar-refractivity contribution in [2.24, 2.45) is 5.73 Å². The summed E-state index contributed by atoms with van der Waals surface area (Å²) in [6.45, 7) is 0. The summed E-state index contributed by atoms with van der Waals surface area (Å²) in [6, 6.07) is 15.8. The van der Waals surface area contributed by atoms with Gasteiger partial charge in [-0.2, -0.15) is 0 Å². The first-order chi connectivity index (χ1) is 8.22. The molecule has 3 heteroatoms. The Hall–Kier alpha value is -0.960. The van der Waals surface area contributed by atoms with Gasteiger partial charge >= 0.3 is 0 Å². The minimum absolute atomic E-state index is 0.101. The number of hydrogen-bond donors (Lipinski definition) is 1. The van der Waals surface area contributed by atoms with Crippen molar-refractivity contribution in [1.29, 1.82) is 0 Å². The van der Waals surface area contributed by atoms with Gasteiger partial charge in [-0.3, -0.25) is 0 Å². The van der Waals surface area contributed by atoms with Gasteiger partial charge in [0.15, 0.2) is 0 Å². The van der Waals surface area contributed by atoms with E-state index in [0.29, 0.717) is 0 Å². The molecule has 0 amide bonds. The highest BCUT2D eigenvalue weighted by Gasteiger charge is 2.12. The van der Waals surface area contributed by atoms with Crippen LogP contribution < -0.4 is 5.73 Å². The lowest BCUT2D eigenvalue weighted by Crippen LogP contribution is -2.12. The Kier molecular flexibility index (Phi) is 4.11. The van der Waals surface area contributed by atoms with Gasteiger partial charge in [-0.05, 0) is 35.6 Å². The van der Waals surface area contributed by atoms with E-state index in [1.54, 1.807) is 11.8 Å². The molecule has 0 bridgehead atoms. The fourth-order valence-electron chi connectivity index (χ4n) is 1.77. The standard InChI is InChI=1S/C14H14ClNS/c1-17-13-5-3-2-4-12(13)14(16)10-6-8-11(15)9-7-10/h2-9,14H,16H2,1H3. The minimum Gasteiger partial charge on any atom is -0.320 e. The molecule has 0 aliphatic carbocycles. The number of halogens is 1. The molecule has 17 heavy (non-hydrogen) atoms. The first kappa shape index (κ1) is 12.5. The van der Waals surface area contributed by atoms with Crippen LogP contribution in [0.5, 0.6) is 0 Å². The molecule has 0 aliphatic rings. The van der Waals surface area contributed by atoms with Crippen molar-refractivity contribution >= 4 is 23.4 Å². The van der Waals surface area contributed by atoms with Gasteiger partial charge in [0.2, 0.25) is 0 Å². The van der Waals surface area contributed by atoms with E-state index in [-0.39, 0.29) is 6.04 Å². The zero-order valence-corrected chi connectivity index (χ0v) is 11.1. The van der Waals surface area contributed by atoms with Crippen LogP contribution in [0, 0.1) is 0 Å². The van der Waals surface area contributed by atoms with Crippen LogP contribution in [0.25, 0.3) is 0 Å².